The van der Waals surface area contributed by atoms with E-state index in [-0.39, 0.29) is 46.8 Å². The van der Waals surface area contributed by atoms with Crippen LogP contribution in [0, 0.1) is 23.2 Å². The fraction of sp³-hybridized carbons (Fsp3) is 0.630. The van der Waals surface area contributed by atoms with Gasteiger partial charge in [0.2, 0.25) is 23.6 Å². The third-order valence-corrected chi connectivity index (χ3v) is 4.92. The lowest BCUT2D eigenvalue weighted by atomic mass is 9.96. The van der Waals surface area contributed by atoms with Crippen molar-refractivity contribution in [1.82, 2.24) is 21.3 Å². The van der Waals surface area contributed by atoms with Gasteiger partial charge >= 0.3 is 0 Å². The Hall–Kier alpha value is -2.90. The summed E-state index contributed by atoms with van der Waals surface area (Å²) >= 11 is 0. The Kier molecular flexibility index (Phi) is 14.6. The molecule has 0 atom stereocenters. The number of carbonyl (C=O) groups is 4. The molecule has 8 nitrogen and oxygen atoms in total. The number of amides is 4. The maximum absolute atomic E-state index is 11.5. The molecule has 198 valence electrons. The zero-order valence-corrected chi connectivity index (χ0v) is 23.0. The van der Waals surface area contributed by atoms with E-state index in [0.29, 0.717) is 26.2 Å². The SMILES string of the molecule is CC(C)C(=O)NCCNC(=O)C(C)(C)C.CC(C)C(=O)NCc1ccc(CNC(=O)C(C)C)cc1. The second kappa shape index (κ2) is 15.9. The van der Waals surface area contributed by atoms with Crippen LogP contribution in [-0.4, -0.2) is 36.7 Å². The number of hydrogen-bond donors (Lipinski definition) is 4. The summed E-state index contributed by atoms with van der Waals surface area (Å²) in [6.07, 6.45) is 0. The first-order valence-corrected chi connectivity index (χ1v) is 12.3. The van der Waals surface area contributed by atoms with Crippen molar-refractivity contribution in [1.29, 1.82) is 0 Å². The van der Waals surface area contributed by atoms with E-state index in [4.69, 9.17) is 0 Å². The molecule has 0 spiro atoms. The van der Waals surface area contributed by atoms with E-state index in [2.05, 4.69) is 21.3 Å². The van der Waals surface area contributed by atoms with Gasteiger partial charge in [-0.1, -0.05) is 86.6 Å². The Balaban J connectivity index is 0.000000691. The topological polar surface area (TPSA) is 116 Å². The lowest BCUT2D eigenvalue weighted by Gasteiger charge is -2.17. The van der Waals surface area contributed by atoms with Crippen molar-refractivity contribution in [3.63, 3.8) is 0 Å². The quantitative estimate of drug-likeness (QED) is 0.377. The molecule has 1 aromatic rings. The van der Waals surface area contributed by atoms with Gasteiger partial charge in [-0.05, 0) is 11.1 Å². The normalized spacial score (nSPS) is 11.0. The lowest BCUT2D eigenvalue weighted by Crippen LogP contribution is -2.40. The van der Waals surface area contributed by atoms with Crippen molar-refractivity contribution in [2.75, 3.05) is 13.1 Å². The molecule has 1 rings (SSSR count). The van der Waals surface area contributed by atoms with E-state index in [0.717, 1.165) is 11.1 Å². The monoisotopic (exact) mass is 490 g/mol. The third-order valence-electron chi connectivity index (χ3n) is 4.92. The molecule has 0 aliphatic carbocycles. The maximum atomic E-state index is 11.5. The van der Waals surface area contributed by atoms with Gasteiger partial charge in [0, 0.05) is 49.3 Å². The predicted octanol–water partition coefficient (Wildman–Crippen LogP) is 3.15. The van der Waals surface area contributed by atoms with Crippen LogP contribution >= 0.6 is 0 Å². The smallest absolute Gasteiger partial charge is 0.225 e. The van der Waals surface area contributed by atoms with Crippen molar-refractivity contribution < 1.29 is 19.2 Å². The van der Waals surface area contributed by atoms with Crippen LogP contribution in [0.1, 0.15) is 73.4 Å². The van der Waals surface area contributed by atoms with Crippen LogP contribution < -0.4 is 21.3 Å². The van der Waals surface area contributed by atoms with Gasteiger partial charge in [-0.3, -0.25) is 19.2 Å². The highest BCUT2D eigenvalue weighted by Gasteiger charge is 2.20. The van der Waals surface area contributed by atoms with E-state index in [1.54, 1.807) is 0 Å². The number of nitrogens with one attached hydrogen (secondary N) is 4. The molecule has 0 bridgehead atoms. The summed E-state index contributed by atoms with van der Waals surface area (Å²) < 4.78 is 0. The van der Waals surface area contributed by atoms with Gasteiger partial charge in [0.05, 0.1) is 0 Å². The Morgan fingerprint density at radius 2 is 0.914 bits per heavy atom. The fourth-order valence-electron chi connectivity index (χ4n) is 2.39. The molecule has 4 N–H and O–H groups in total. The van der Waals surface area contributed by atoms with Crippen LogP contribution in [0.25, 0.3) is 0 Å². The summed E-state index contributed by atoms with van der Waals surface area (Å²) in [6.45, 7) is 18.8. The molecule has 0 aromatic heterocycles. The average molecular weight is 491 g/mol. The van der Waals surface area contributed by atoms with Crippen LogP contribution in [0.15, 0.2) is 24.3 Å². The first-order valence-electron chi connectivity index (χ1n) is 12.3. The molecule has 4 amide bonds. The standard InChI is InChI=1S/C16H24N2O2.C11H22N2O2/c1-11(2)15(19)17-9-13-5-7-14(8-6-13)10-18-16(20)12(3)4;1-8(2)9(14)12-6-7-13-10(15)11(3,4)5/h5-8,11-12H,9-10H2,1-4H3,(H,17,19)(H,18,20);8H,6-7H2,1-5H3,(H,12,14)(H,13,15). The first kappa shape index (κ1) is 32.1. The summed E-state index contributed by atoms with van der Waals surface area (Å²) in [4.78, 5) is 45.5. The number of carbonyl (C=O) groups excluding carboxylic acids is 4. The molecule has 0 saturated heterocycles. The van der Waals surface area contributed by atoms with Crippen molar-refractivity contribution in [3.05, 3.63) is 35.4 Å². The average Bonchev–Trinajstić information content (AvgIpc) is 2.78. The van der Waals surface area contributed by atoms with E-state index < -0.39 is 0 Å². The van der Waals surface area contributed by atoms with Crippen molar-refractivity contribution in [2.24, 2.45) is 23.2 Å². The molecule has 0 aliphatic heterocycles. The van der Waals surface area contributed by atoms with Crippen LogP contribution in [-0.2, 0) is 32.3 Å². The second-order valence-electron chi connectivity index (χ2n) is 10.5. The molecule has 0 fully saturated rings. The summed E-state index contributed by atoms with van der Waals surface area (Å²) in [5, 5.41) is 11.2. The van der Waals surface area contributed by atoms with Gasteiger partial charge in [0.25, 0.3) is 0 Å². The minimum atomic E-state index is -0.373. The molecule has 0 aliphatic rings. The molecule has 0 radical (unpaired) electrons. The highest BCUT2D eigenvalue weighted by atomic mass is 16.2. The minimum Gasteiger partial charge on any atom is -0.354 e. The van der Waals surface area contributed by atoms with Crippen LogP contribution in [0.3, 0.4) is 0 Å². The maximum Gasteiger partial charge on any atom is 0.225 e. The second-order valence-corrected chi connectivity index (χ2v) is 10.5. The Morgan fingerprint density at radius 3 is 1.23 bits per heavy atom. The van der Waals surface area contributed by atoms with Crippen LogP contribution in [0.2, 0.25) is 0 Å². The summed E-state index contributed by atoms with van der Waals surface area (Å²) in [7, 11) is 0. The zero-order chi connectivity index (χ0) is 27.2. The zero-order valence-electron chi connectivity index (χ0n) is 23.0. The van der Waals surface area contributed by atoms with Crippen molar-refractivity contribution in [3.8, 4) is 0 Å². The van der Waals surface area contributed by atoms with E-state index in [1.807, 2.05) is 86.6 Å². The minimum absolute atomic E-state index is 0.000481. The molecule has 8 heteroatoms. The fourth-order valence-corrected chi connectivity index (χ4v) is 2.39. The summed E-state index contributed by atoms with van der Waals surface area (Å²) in [5.41, 5.74) is 1.73. The third kappa shape index (κ3) is 14.9. The molecule has 0 heterocycles. The highest BCUT2D eigenvalue weighted by molar-refractivity contribution is 5.81. The summed E-state index contributed by atoms with van der Waals surface area (Å²) in [5.74, 6) is 0.113. The van der Waals surface area contributed by atoms with Crippen LogP contribution in [0.4, 0.5) is 0 Å². The molecule has 0 saturated carbocycles. The van der Waals surface area contributed by atoms with Gasteiger partial charge in [-0.15, -0.1) is 0 Å². The Labute approximate surface area is 211 Å². The Bertz CT molecular complexity index is 766. The first-order chi connectivity index (χ1) is 16.1. The molecule has 1 aromatic carbocycles. The largest absolute Gasteiger partial charge is 0.354 e. The molecule has 0 unspecified atom stereocenters. The van der Waals surface area contributed by atoms with Crippen molar-refractivity contribution >= 4 is 23.6 Å². The van der Waals surface area contributed by atoms with E-state index in [9.17, 15) is 19.2 Å². The highest BCUT2D eigenvalue weighted by Crippen LogP contribution is 2.11. The number of benzene rings is 1. The molecular weight excluding hydrogens is 444 g/mol. The number of hydrogen-bond acceptors (Lipinski definition) is 4. The number of rotatable bonds is 10. The van der Waals surface area contributed by atoms with Gasteiger partial charge in [0.1, 0.15) is 0 Å². The van der Waals surface area contributed by atoms with Crippen LogP contribution in [0.5, 0.6) is 0 Å². The van der Waals surface area contributed by atoms with Gasteiger partial charge in [-0.2, -0.15) is 0 Å². The molecule has 35 heavy (non-hydrogen) atoms. The predicted molar refractivity (Wildman–Crippen MR) is 140 cm³/mol. The Morgan fingerprint density at radius 1 is 0.600 bits per heavy atom. The van der Waals surface area contributed by atoms with Crippen molar-refractivity contribution in [2.45, 2.75) is 75.4 Å². The lowest BCUT2D eigenvalue weighted by molar-refractivity contribution is -0.129. The van der Waals surface area contributed by atoms with Gasteiger partial charge in [0.15, 0.2) is 0 Å². The van der Waals surface area contributed by atoms with E-state index in [1.165, 1.54) is 0 Å². The van der Waals surface area contributed by atoms with Gasteiger partial charge < -0.3 is 21.3 Å². The van der Waals surface area contributed by atoms with E-state index >= 15 is 0 Å². The summed E-state index contributed by atoms with van der Waals surface area (Å²) in [6, 6.07) is 7.88. The van der Waals surface area contributed by atoms with Gasteiger partial charge in [-0.25, -0.2) is 0 Å². The molecular formula is C27H46N4O4.